The van der Waals surface area contributed by atoms with Crippen LogP contribution in [0, 0.1) is 18.8 Å². The molecule has 1 aromatic carbocycles. The van der Waals surface area contributed by atoms with Crippen LogP contribution in [-0.2, 0) is 0 Å². The Morgan fingerprint density at radius 1 is 1.29 bits per heavy atom. The van der Waals surface area contributed by atoms with Gasteiger partial charge < -0.3 is 4.74 Å². The van der Waals surface area contributed by atoms with Crippen molar-refractivity contribution in [2.45, 2.75) is 33.1 Å². The van der Waals surface area contributed by atoms with E-state index in [-0.39, 0.29) is 0 Å². The molecule has 0 atom stereocenters. The van der Waals surface area contributed by atoms with E-state index in [0.717, 1.165) is 29.9 Å². The number of halogens is 1. The molecule has 2 heteroatoms. The van der Waals surface area contributed by atoms with Crippen molar-refractivity contribution >= 4 is 11.6 Å². The summed E-state index contributed by atoms with van der Waals surface area (Å²) in [6.07, 6.45) is 3.55. The minimum absolute atomic E-state index is 0.369. The number of unbranched alkanes of at least 4 members (excludes halogenated alkanes) is 2. The number of alkyl halides is 1. The zero-order valence-electron chi connectivity index (χ0n) is 10.6. The summed E-state index contributed by atoms with van der Waals surface area (Å²) in [5.74, 6) is 7.17. The Morgan fingerprint density at radius 2 is 2.12 bits per heavy atom. The highest BCUT2D eigenvalue weighted by Crippen LogP contribution is 2.19. The van der Waals surface area contributed by atoms with Crippen molar-refractivity contribution in [3.05, 3.63) is 29.3 Å². The highest BCUT2D eigenvalue weighted by Gasteiger charge is 1.99. The van der Waals surface area contributed by atoms with E-state index in [9.17, 15) is 0 Å². The van der Waals surface area contributed by atoms with Crippen LogP contribution >= 0.6 is 11.6 Å². The summed E-state index contributed by atoms with van der Waals surface area (Å²) in [6, 6.07) is 6.00. The van der Waals surface area contributed by atoms with Crippen LogP contribution in [0.4, 0.5) is 0 Å². The standard InChI is InChI=1S/C15H19ClO/c1-3-4-5-11-17-15-9-8-14(7-6-10-16)12-13(15)2/h8-9,12H,3-5,10-11H2,1-2H3. The minimum Gasteiger partial charge on any atom is -0.493 e. The quantitative estimate of drug-likeness (QED) is 0.433. The van der Waals surface area contributed by atoms with Crippen molar-refractivity contribution in [1.29, 1.82) is 0 Å². The van der Waals surface area contributed by atoms with Gasteiger partial charge in [-0.1, -0.05) is 31.6 Å². The number of aryl methyl sites for hydroxylation is 1. The third-order valence-electron chi connectivity index (χ3n) is 2.48. The molecule has 0 fully saturated rings. The Bertz CT molecular complexity index is 401. The van der Waals surface area contributed by atoms with E-state index in [1.165, 1.54) is 12.8 Å². The maximum absolute atomic E-state index is 5.72. The summed E-state index contributed by atoms with van der Waals surface area (Å²) in [5.41, 5.74) is 2.12. The monoisotopic (exact) mass is 250 g/mol. The van der Waals surface area contributed by atoms with Gasteiger partial charge in [-0.2, -0.15) is 0 Å². The van der Waals surface area contributed by atoms with Gasteiger partial charge in [0.2, 0.25) is 0 Å². The zero-order valence-corrected chi connectivity index (χ0v) is 11.3. The Hall–Kier alpha value is -1.13. The van der Waals surface area contributed by atoms with E-state index in [4.69, 9.17) is 16.3 Å². The van der Waals surface area contributed by atoms with Crippen LogP contribution in [-0.4, -0.2) is 12.5 Å². The van der Waals surface area contributed by atoms with E-state index >= 15 is 0 Å². The maximum Gasteiger partial charge on any atom is 0.122 e. The van der Waals surface area contributed by atoms with Gasteiger partial charge in [-0.25, -0.2) is 0 Å². The average molecular weight is 251 g/mol. The lowest BCUT2D eigenvalue weighted by atomic mass is 10.1. The zero-order chi connectivity index (χ0) is 12.5. The summed E-state index contributed by atoms with van der Waals surface area (Å²) in [4.78, 5) is 0. The highest BCUT2D eigenvalue weighted by molar-refractivity contribution is 6.19. The molecule has 1 rings (SSSR count). The number of ether oxygens (including phenoxy) is 1. The summed E-state index contributed by atoms with van der Waals surface area (Å²) < 4.78 is 5.72. The molecular formula is C15H19ClO. The largest absolute Gasteiger partial charge is 0.493 e. The fourth-order valence-corrected chi connectivity index (χ4v) is 1.63. The van der Waals surface area contributed by atoms with E-state index in [0.29, 0.717) is 5.88 Å². The molecule has 1 aromatic rings. The Labute approximate surface area is 109 Å². The summed E-state index contributed by atoms with van der Waals surface area (Å²) in [7, 11) is 0. The Kier molecular flexibility index (Phi) is 6.58. The molecule has 1 nitrogen and oxygen atoms in total. The first-order valence-electron chi connectivity index (χ1n) is 6.06. The van der Waals surface area contributed by atoms with Gasteiger partial charge >= 0.3 is 0 Å². The molecule has 0 aliphatic carbocycles. The molecule has 0 spiro atoms. The van der Waals surface area contributed by atoms with Gasteiger partial charge in [0, 0.05) is 5.56 Å². The number of hydrogen-bond donors (Lipinski definition) is 0. The number of benzene rings is 1. The molecule has 0 amide bonds. The number of hydrogen-bond acceptors (Lipinski definition) is 1. The lowest BCUT2D eigenvalue weighted by Crippen LogP contribution is -1.98. The van der Waals surface area contributed by atoms with Gasteiger partial charge in [0.05, 0.1) is 12.5 Å². The predicted octanol–water partition coefficient (Wildman–Crippen LogP) is 4.15. The molecule has 0 N–H and O–H groups in total. The topological polar surface area (TPSA) is 9.23 Å². The molecule has 0 aromatic heterocycles. The molecule has 17 heavy (non-hydrogen) atoms. The second-order valence-corrected chi connectivity index (χ2v) is 4.24. The lowest BCUT2D eigenvalue weighted by Gasteiger charge is -2.08. The smallest absolute Gasteiger partial charge is 0.122 e. The van der Waals surface area contributed by atoms with Crippen LogP contribution in [0.2, 0.25) is 0 Å². The molecule has 0 saturated heterocycles. The molecule has 0 saturated carbocycles. The van der Waals surface area contributed by atoms with E-state index < -0.39 is 0 Å². The molecule has 92 valence electrons. The van der Waals surface area contributed by atoms with Gasteiger partial charge in [-0.3, -0.25) is 0 Å². The fraction of sp³-hybridized carbons (Fsp3) is 0.467. The van der Waals surface area contributed by atoms with Crippen LogP contribution in [0.3, 0.4) is 0 Å². The summed E-state index contributed by atoms with van der Waals surface area (Å²) in [5, 5.41) is 0. The molecule has 0 heterocycles. The molecule has 0 bridgehead atoms. The van der Waals surface area contributed by atoms with E-state index in [2.05, 4.69) is 18.8 Å². The van der Waals surface area contributed by atoms with Gasteiger partial charge in [-0.05, 0) is 37.1 Å². The van der Waals surface area contributed by atoms with Crippen molar-refractivity contribution in [1.82, 2.24) is 0 Å². The van der Waals surface area contributed by atoms with E-state index in [1.54, 1.807) is 0 Å². The minimum atomic E-state index is 0.369. The second-order valence-electron chi connectivity index (χ2n) is 3.97. The van der Waals surface area contributed by atoms with Crippen molar-refractivity contribution < 1.29 is 4.74 Å². The first-order valence-corrected chi connectivity index (χ1v) is 6.59. The average Bonchev–Trinajstić information content (AvgIpc) is 2.34. The number of rotatable bonds is 5. The van der Waals surface area contributed by atoms with Gasteiger partial charge in [0.25, 0.3) is 0 Å². The highest BCUT2D eigenvalue weighted by atomic mass is 35.5. The van der Waals surface area contributed by atoms with Crippen molar-refractivity contribution in [3.63, 3.8) is 0 Å². The second kappa shape index (κ2) is 8.03. The van der Waals surface area contributed by atoms with Crippen molar-refractivity contribution in [3.8, 4) is 17.6 Å². The van der Waals surface area contributed by atoms with Crippen LogP contribution in [0.1, 0.15) is 37.3 Å². The lowest BCUT2D eigenvalue weighted by molar-refractivity contribution is 0.304. The third kappa shape index (κ3) is 5.15. The normalized spacial score (nSPS) is 9.59. The van der Waals surface area contributed by atoms with Gasteiger partial charge in [-0.15, -0.1) is 11.6 Å². The molecule has 0 unspecified atom stereocenters. The van der Waals surface area contributed by atoms with Crippen molar-refractivity contribution in [2.75, 3.05) is 12.5 Å². The van der Waals surface area contributed by atoms with Crippen LogP contribution in [0.25, 0.3) is 0 Å². The molecule has 0 aliphatic heterocycles. The van der Waals surface area contributed by atoms with Gasteiger partial charge in [0.1, 0.15) is 5.75 Å². The van der Waals surface area contributed by atoms with Crippen LogP contribution in [0.5, 0.6) is 5.75 Å². The molecule has 0 aliphatic rings. The van der Waals surface area contributed by atoms with Crippen molar-refractivity contribution in [2.24, 2.45) is 0 Å². The van der Waals surface area contributed by atoms with E-state index in [1.807, 2.05) is 25.1 Å². The maximum atomic E-state index is 5.72. The van der Waals surface area contributed by atoms with Gasteiger partial charge in [0.15, 0.2) is 0 Å². The fourth-order valence-electron chi connectivity index (χ4n) is 1.56. The first kappa shape index (κ1) is 13.9. The first-order chi connectivity index (χ1) is 8.27. The predicted molar refractivity (Wildman–Crippen MR) is 73.8 cm³/mol. The SMILES string of the molecule is CCCCCOc1ccc(C#CCCl)cc1C. The Balaban J connectivity index is 2.57. The molecular weight excluding hydrogens is 232 g/mol. The molecule has 0 radical (unpaired) electrons. The van der Waals surface area contributed by atoms with Crippen LogP contribution in [0.15, 0.2) is 18.2 Å². The Morgan fingerprint density at radius 3 is 2.76 bits per heavy atom. The third-order valence-corrected chi connectivity index (χ3v) is 2.61. The van der Waals surface area contributed by atoms with Crippen LogP contribution < -0.4 is 4.74 Å². The summed E-state index contributed by atoms with van der Waals surface area (Å²) in [6.45, 7) is 5.03. The summed E-state index contributed by atoms with van der Waals surface area (Å²) >= 11 is 5.52.